The Hall–Kier alpha value is -3.29. The van der Waals surface area contributed by atoms with Crippen LogP contribution in [0.3, 0.4) is 0 Å². The quantitative estimate of drug-likeness (QED) is 0.525. The maximum atomic E-state index is 12.9. The van der Waals surface area contributed by atoms with Crippen molar-refractivity contribution in [3.8, 4) is 0 Å². The summed E-state index contributed by atoms with van der Waals surface area (Å²) < 4.78 is 27.3. The summed E-state index contributed by atoms with van der Waals surface area (Å²) in [4.78, 5) is 25.5. The Morgan fingerprint density at radius 2 is 1.55 bits per heavy atom. The van der Waals surface area contributed by atoms with Gasteiger partial charge in [0.1, 0.15) is 0 Å². The minimum Gasteiger partial charge on any atom is -0.325 e. The lowest BCUT2D eigenvalue weighted by molar-refractivity contribution is -0.116. The summed E-state index contributed by atoms with van der Waals surface area (Å²) in [5.74, 6) is -0.585. The van der Waals surface area contributed by atoms with E-state index >= 15 is 0 Å². The number of benzene rings is 3. The maximum absolute atomic E-state index is 12.9. The number of hydrogen-bond acceptors (Lipinski definition) is 4. The smallest absolute Gasteiger partial charge is 0.240 e. The van der Waals surface area contributed by atoms with Crippen molar-refractivity contribution in [1.82, 2.24) is 4.72 Å². The van der Waals surface area contributed by atoms with Crippen molar-refractivity contribution in [3.05, 3.63) is 95.1 Å². The highest BCUT2D eigenvalue weighted by Crippen LogP contribution is 2.21. The number of anilines is 1. The predicted molar refractivity (Wildman–Crippen MR) is 121 cm³/mol. The van der Waals surface area contributed by atoms with Crippen molar-refractivity contribution in [2.45, 2.75) is 25.2 Å². The van der Waals surface area contributed by atoms with Crippen molar-refractivity contribution >= 4 is 27.4 Å². The molecule has 3 aromatic carbocycles. The van der Waals surface area contributed by atoms with Crippen LogP contribution in [-0.2, 0) is 14.8 Å². The number of aryl methyl sites for hydroxylation is 2. The molecule has 0 aromatic heterocycles. The van der Waals surface area contributed by atoms with Crippen molar-refractivity contribution in [1.29, 1.82) is 0 Å². The van der Waals surface area contributed by atoms with Gasteiger partial charge in [-0.05, 0) is 37.6 Å². The zero-order valence-corrected chi connectivity index (χ0v) is 18.2. The van der Waals surface area contributed by atoms with Gasteiger partial charge in [-0.1, -0.05) is 60.2 Å². The number of hydrogen-bond donors (Lipinski definition) is 2. The van der Waals surface area contributed by atoms with Crippen molar-refractivity contribution in [2.24, 2.45) is 0 Å². The summed E-state index contributed by atoms with van der Waals surface area (Å²) >= 11 is 0. The van der Waals surface area contributed by atoms with Gasteiger partial charge < -0.3 is 5.32 Å². The molecule has 0 spiro atoms. The van der Waals surface area contributed by atoms with E-state index in [4.69, 9.17) is 0 Å². The highest BCUT2D eigenvalue weighted by Gasteiger charge is 2.18. The Labute approximate surface area is 182 Å². The van der Waals surface area contributed by atoms with E-state index in [0.717, 1.165) is 5.56 Å². The third kappa shape index (κ3) is 5.65. The molecule has 6 nitrogen and oxygen atoms in total. The number of ketones is 1. The molecule has 31 heavy (non-hydrogen) atoms. The fourth-order valence-electron chi connectivity index (χ4n) is 3.15. The molecule has 0 bridgehead atoms. The Morgan fingerprint density at radius 3 is 2.26 bits per heavy atom. The van der Waals surface area contributed by atoms with Crippen molar-refractivity contribution in [2.75, 3.05) is 11.9 Å². The summed E-state index contributed by atoms with van der Waals surface area (Å²) in [5.41, 5.74) is 2.83. The van der Waals surface area contributed by atoms with E-state index < -0.39 is 15.9 Å². The minimum atomic E-state index is -3.71. The minimum absolute atomic E-state index is 0.0592. The second kappa shape index (κ2) is 9.68. The number of nitrogens with one attached hydrogen (secondary N) is 2. The van der Waals surface area contributed by atoms with E-state index in [1.807, 2.05) is 13.0 Å². The Bertz CT molecular complexity index is 1210. The molecule has 0 unspecified atom stereocenters. The molecule has 1 amide bonds. The van der Waals surface area contributed by atoms with Crippen LogP contribution in [0.25, 0.3) is 0 Å². The van der Waals surface area contributed by atoms with Gasteiger partial charge in [-0.2, -0.15) is 0 Å². The molecule has 0 radical (unpaired) electrons. The lowest BCUT2D eigenvalue weighted by Gasteiger charge is -2.12. The van der Waals surface area contributed by atoms with Gasteiger partial charge in [0, 0.05) is 24.1 Å². The van der Waals surface area contributed by atoms with Gasteiger partial charge in [0.2, 0.25) is 15.9 Å². The average molecular weight is 437 g/mol. The first kappa shape index (κ1) is 22.4. The summed E-state index contributed by atoms with van der Waals surface area (Å²) in [6.07, 6.45) is -0.0715. The van der Waals surface area contributed by atoms with E-state index in [0.29, 0.717) is 22.4 Å². The molecule has 0 aliphatic rings. The topological polar surface area (TPSA) is 92.3 Å². The van der Waals surface area contributed by atoms with Crippen molar-refractivity contribution < 1.29 is 18.0 Å². The monoisotopic (exact) mass is 436 g/mol. The highest BCUT2D eigenvalue weighted by atomic mass is 32.2. The first-order valence-corrected chi connectivity index (χ1v) is 11.3. The molecule has 0 saturated heterocycles. The number of amides is 1. The second-order valence-electron chi connectivity index (χ2n) is 7.21. The first-order chi connectivity index (χ1) is 14.8. The molecule has 0 atom stereocenters. The van der Waals surface area contributed by atoms with Gasteiger partial charge in [-0.15, -0.1) is 0 Å². The van der Waals surface area contributed by atoms with Crippen LogP contribution in [0.1, 0.15) is 33.5 Å². The molecule has 0 aliphatic heterocycles. The number of sulfonamides is 1. The third-order valence-electron chi connectivity index (χ3n) is 4.76. The Morgan fingerprint density at radius 1 is 0.871 bits per heavy atom. The number of rotatable bonds is 8. The largest absolute Gasteiger partial charge is 0.325 e. The van der Waals surface area contributed by atoms with Crippen LogP contribution in [0.15, 0.2) is 77.7 Å². The molecule has 3 aromatic rings. The molecule has 3 rings (SSSR count). The second-order valence-corrected chi connectivity index (χ2v) is 8.94. The van der Waals surface area contributed by atoms with E-state index in [9.17, 15) is 18.0 Å². The van der Waals surface area contributed by atoms with E-state index in [1.165, 1.54) is 6.07 Å². The Kier molecular flexibility index (Phi) is 6.99. The zero-order valence-electron chi connectivity index (χ0n) is 17.4. The normalized spacial score (nSPS) is 11.2. The summed E-state index contributed by atoms with van der Waals surface area (Å²) in [5, 5.41) is 2.73. The summed E-state index contributed by atoms with van der Waals surface area (Å²) in [6.45, 7) is 3.52. The first-order valence-electron chi connectivity index (χ1n) is 9.83. The van der Waals surface area contributed by atoms with Gasteiger partial charge in [0.15, 0.2) is 5.78 Å². The van der Waals surface area contributed by atoms with Gasteiger partial charge in [0.05, 0.1) is 10.6 Å². The SMILES string of the molecule is Cc1ccc(NC(=O)CCNS(=O)(=O)c2ccccc2C)c(C(=O)c2ccccc2)c1. The lowest BCUT2D eigenvalue weighted by atomic mass is 9.99. The van der Waals surface area contributed by atoms with Crippen LogP contribution >= 0.6 is 0 Å². The molecular weight excluding hydrogens is 412 g/mol. The molecule has 0 aliphatic carbocycles. The van der Waals surface area contributed by atoms with Crippen LogP contribution < -0.4 is 10.0 Å². The fourth-order valence-corrected chi connectivity index (χ4v) is 4.42. The summed E-state index contributed by atoms with van der Waals surface area (Å²) in [7, 11) is -3.71. The highest BCUT2D eigenvalue weighted by molar-refractivity contribution is 7.89. The summed E-state index contributed by atoms with van der Waals surface area (Å²) in [6, 6.07) is 20.7. The van der Waals surface area contributed by atoms with Gasteiger partial charge in [-0.3, -0.25) is 9.59 Å². The fraction of sp³-hybridized carbons (Fsp3) is 0.167. The molecular formula is C24H24N2O4S. The van der Waals surface area contributed by atoms with Crippen LogP contribution in [0, 0.1) is 13.8 Å². The number of carbonyl (C=O) groups excluding carboxylic acids is 2. The lowest BCUT2D eigenvalue weighted by Crippen LogP contribution is -2.28. The predicted octanol–water partition coefficient (Wildman–Crippen LogP) is 3.84. The van der Waals surface area contributed by atoms with E-state index in [2.05, 4.69) is 10.0 Å². The molecule has 7 heteroatoms. The van der Waals surface area contributed by atoms with Crippen LogP contribution in [0.2, 0.25) is 0 Å². The Balaban J connectivity index is 1.67. The average Bonchev–Trinajstić information content (AvgIpc) is 2.75. The number of carbonyl (C=O) groups is 2. The molecule has 0 fully saturated rings. The van der Waals surface area contributed by atoms with Gasteiger partial charge >= 0.3 is 0 Å². The standard InChI is InChI=1S/C24H24N2O4S/c1-17-12-13-21(20(16-17)24(28)19-9-4-3-5-10-19)26-23(27)14-15-25-31(29,30)22-11-7-6-8-18(22)2/h3-13,16,25H,14-15H2,1-2H3,(H,26,27). The molecule has 160 valence electrons. The maximum Gasteiger partial charge on any atom is 0.240 e. The van der Waals surface area contributed by atoms with Crippen molar-refractivity contribution in [3.63, 3.8) is 0 Å². The van der Waals surface area contributed by atoms with Gasteiger partial charge in [0.25, 0.3) is 0 Å². The van der Waals surface area contributed by atoms with Gasteiger partial charge in [-0.25, -0.2) is 13.1 Å². The van der Waals surface area contributed by atoms with Crippen LogP contribution in [0.4, 0.5) is 5.69 Å². The van der Waals surface area contributed by atoms with E-state index in [1.54, 1.807) is 67.6 Å². The van der Waals surface area contributed by atoms with Crippen LogP contribution in [-0.4, -0.2) is 26.7 Å². The zero-order chi connectivity index (χ0) is 22.4. The van der Waals surface area contributed by atoms with Crippen LogP contribution in [0.5, 0.6) is 0 Å². The molecule has 0 heterocycles. The molecule has 0 saturated carbocycles. The van der Waals surface area contributed by atoms with E-state index in [-0.39, 0.29) is 23.6 Å². The third-order valence-corrected chi connectivity index (χ3v) is 6.38. The molecule has 2 N–H and O–H groups in total.